The highest BCUT2D eigenvalue weighted by molar-refractivity contribution is 7.16. The van der Waals surface area contributed by atoms with Gasteiger partial charge in [0, 0.05) is 42.4 Å². The number of anilines is 2. The Bertz CT molecular complexity index is 1000. The minimum atomic E-state index is 0.0338. The molecule has 2 atom stereocenters. The molecule has 0 spiro atoms. The highest BCUT2D eigenvalue weighted by atomic mass is 32.1. The number of carbonyl (C=O) groups is 1. The van der Waals surface area contributed by atoms with Crippen LogP contribution < -0.4 is 10.2 Å². The zero-order valence-corrected chi connectivity index (χ0v) is 18.2. The molecule has 3 heterocycles. The van der Waals surface area contributed by atoms with Crippen LogP contribution >= 0.6 is 11.3 Å². The van der Waals surface area contributed by atoms with Gasteiger partial charge in [-0.1, -0.05) is 18.2 Å². The Morgan fingerprint density at radius 1 is 1.17 bits per heavy atom. The molecule has 1 aliphatic rings. The molecule has 0 radical (unpaired) electrons. The van der Waals surface area contributed by atoms with Crippen molar-refractivity contribution in [3.8, 4) is 0 Å². The topological polar surface area (TPSA) is 61.4 Å². The van der Waals surface area contributed by atoms with Crippen molar-refractivity contribution in [2.75, 3.05) is 29.9 Å². The van der Waals surface area contributed by atoms with Gasteiger partial charge in [-0.05, 0) is 50.3 Å². The first-order chi connectivity index (χ1) is 13.9. The van der Waals surface area contributed by atoms with Crippen molar-refractivity contribution in [3.63, 3.8) is 0 Å². The first kappa shape index (κ1) is 19.8. The van der Waals surface area contributed by atoms with Crippen molar-refractivity contribution in [2.45, 2.75) is 39.8 Å². The lowest BCUT2D eigenvalue weighted by Crippen LogP contribution is -2.58. The summed E-state index contributed by atoms with van der Waals surface area (Å²) in [6, 6.07) is 8.56. The van der Waals surface area contributed by atoms with E-state index < -0.39 is 0 Å². The zero-order valence-electron chi connectivity index (χ0n) is 17.3. The molecule has 1 fully saturated rings. The monoisotopic (exact) mass is 409 g/mol. The predicted molar refractivity (Wildman–Crippen MR) is 120 cm³/mol. The van der Waals surface area contributed by atoms with Crippen LogP contribution in [-0.4, -0.2) is 52.5 Å². The summed E-state index contributed by atoms with van der Waals surface area (Å²) < 4.78 is 0. The van der Waals surface area contributed by atoms with Crippen LogP contribution in [-0.2, 0) is 4.79 Å². The normalized spacial score (nSPS) is 20.2. The fraction of sp³-hybridized carbons (Fsp3) is 0.409. The number of benzene rings is 1. The SMILES string of the molecule is Cc1cccc(C)c1NC(=O)CN1C[C@@H](C)N(c2ncc3ccsc3n2)[C@@H](C)C1. The minimum absolute atomic E-state index is 0.0338. The molecule has 7 heteroatoms. The van der Waals surface area contributed by atoms with Gasteiger partial charge in [-0.2, -0.15) is 0 Å². The Labute approximate surface area is 175 Å². The number of thiophene rings is 1. The first-order valence-corrected chi connectivity index (χ1v) is 10.9. The molecular weight excluding hydrogens is 382 g/mol. The summed E-state index contributed by atoms with van der Waals surface area (Å²) in [5, 5.41) is 6.23. The smallest absolute Gasteiger partial charge is 0.238 e. The summed E-state index contributed by atoms with van der Waals surface area (Å²) in [6.07, 6.45) is 1.90. The fourth-order valence-corrected chi connectivity index (χ4v) is 4.96. The van der Waals surface area contributed by atoms with E-state index in [1.54, 1.807) is 11.3 Å². The Kier molecular flexibility index (Phi) is 5.52. The van der Waals surface area contributed by atoms with Gasteiger partial charge in [-0.3, -0.25) is 9.69 Å². The number of hydrogen-bond donors (Lipinski definition) is 1. The zero-order chi connectivity index (χ0) is 20.5. The molecule has 1 aromatic carbocycles. The summed E-state index contributed by atoms with van der Waals surface area (Å²) >= 11 is 1.64. The van der Waals surface area contributed by atoms with Gasteiger partial charge in [0.2, 0.25) is 11.9 Å². The maximum atomic E-state index is 12.7. The number of fused-ring (bicyclic) bond motifs is 1. The van der Waals surface area contributed by atoms with Gasteiger partial charge in [0.05, 0.1) is 6.54 Å². The van der Waals surface area contributed by atoms with Crippen LogP contribution in [0.3, 0.4) is 0 Å². The molecule has 1 aliphatic heterocycles. The van der Waals surface area contributed by atoms with E-state index in [0.29, 0.717) is 6.54 Å². The van der Waals surface area contributed by atoms with E-state index in [2.05, 4.69) is 33.9 Å². The lowest BCUT2D eigenvalue weighted by molar-refractivity contribution is -0.117. The van der Waals surface area contributed by atoms with E-state index in [1.807, 2.05) is 49.7 Å². The van der Waals surface area contributed by atoms with E-state index in [9.17, 15) is 4.79 Å². The average Bonchev–Trinajstić information content (AvgIpc) is 3.12. The number of amides is 1. The van der Waals surface area contributed by atoms with Gasteiger partial charge >= 0.3 is 0 Å². The number of nitrogens with one attached hydrogen (secondary N) is 1. The van der Waals surface area contributed by atoms with Crippen molar-refractivity contribution in [3.05, 3.63) is 47.0 Å². The summed E-state index contributed by atoms with van der Waals surface area (Å²) in [5.74, 6) is 0.811. The van der Waals surface area contributed by atoms with Gasteiger partial charge in [0.25, 0.3) is 0 Å². The van der Waals surface area contributed by atoms with Crippen LogP contribution in [0.1, 0.15) is 25.0 Å². The molecule has 1 N–H and O–H groups in total. The number of aromatic nitrogens is 2. The number of piperazine rings is 1. The van der Waals surface area contributed by atoms with Crippen molar-refractivity contribution in [1.29, 1.82) is 0 Å². The number of nitrogens with zero attached hydrogens (tertiary/aromatic N) is 4. The number of rotatable bonds is 4. The fourth-order valence-electron chi connectivity index (χ4n) is 4.22. The third-order valence-corrected chi connectivity index (χ3v) is 6.36. The maximum Gasteiger partial charge on any atom is 0.238 e. The lowest BCUT2D eigenvalue weighted by atomic mass is 10.1. The third-order valence-electron chi connectivity index (χ3n) is 5.53. The van der Waals surface area contributed by atoms with Gasteiger partial charge in [-0.15, -0.1) is 11.3 Å². The molecule has 4 rings (SSSR count). The predicted octanol–water partition coefficient (Wildman–Crippen LogP) is 3.85. The second kappa shape index (κ2) is 8.08. The molecule has 2 aromatic heterocycles. The largest absolute Gasteiger partial charge is 0.333 e. The molecule has 6 nitrogen and oxygen atoms in total. The molecule has 3 aromatic rings. The van der Waals surface area contributed by atoms with Gasteiger partial charge < -0.3 is 10.2 Å². The van der Waals surface area contributed by atoms with Crippen LogP contribution in [0.25, 0.3) is 10.2 Å². The number of hydrogen-bond acceptors (Lipinski definition) is 6. The molecule has 1 amide bonds. The molecule has 0 unspecified atom stereocenters. The van der Waals surface area contributed by atoms with E-state index in [1.165, 1.54) is 0 Å². The third kappa shape index (κ3) is 4.11. The number of carbonyl (C=O) groups excluding carboxylic acids is 1. The van der Waals surface area contributed by atoms with Crippen LogP contribution in [0.4, 0.5) is 11.6 Å². The quantitative estimate of drug-likeness (QED) is 0.709. The van der Waals surface area contributed by atoms with Crippen molar-refractivity contribution < 1.29 is 4.79 Å². The molecule has 1 saturated heterocycles. The maximum absolute atomic E-state index is 12.7. The van der Waals surface area contributed by atoms with E-state index in [4.69, 9.17) is 4.98 Å². The van der Waals surface area contributed by atoms with Gasteiger partial charge in [0.1, 0.15) is 4.83 Å². The number of aryl methyl sites for hydroxylation is 2. The molecule has 29 heavy (non-hydrogen) atoms. The molecule has 152 valence electrons. The Morgan fingerprint density at radius 3 is 2.55 bits per heavy atom. The lowest BCUT2D eigenvalue weighted by Gasteiger charge is -2.44. The summed E-state index contributed by atoms with van der Waals surface area (Å²) in [5.41, 5.74) is 3.10. The molecule has 0 aliphatic carbocycles. The Hall–Kier alpha value is -2.51. The molecule has 0 bridgehead atoms. The van der Waals surface area contributed by atoms with Crippen molar-refractivity contribution in [1.82, 2.24) is 14.9 Å². The van der Waals surface area contributed by atoms with Gasteiger partial charge in [-0.25, -0.2) is 9.97 Å². The van der Waals surface area contributed by atoms with E-state index in [0.717, 1.165) is 46.1 Å². The standard InChI is InChI=1S/C22H27N5OS/c1-14-6-5-7-15(2)20(14)24-19(28)13-26-11-16(3)27(17(4)12-26)22-23-10-18-8-9-29-21(18)25-22/h5-10,16-17H,11-13H2,1-4H3,(H,24,28)/t16-,17+. The summed E-state index contributed by atoms with van der Waals surface area (Å²) in [6.45, 7) is 10.4. The van der Waals surface area contributed by atoms with Crippen LogP contribution in [0.2, 0.25) is 0 Å². The van der Waals surface area contributed by atoms with Crippen LogP contribution in [0.15, 0.2) is 35.8 Å². The highest BCUT2D eigenvalue weighted by Crippen LogP contribution is 2.25. The van der Waals surface area contributed by atoms with Crippen molar-refractivity contribution in [2.24, 2.45) is 0 Å². The van der Waals surface area contributed by atoms with Crippen LogP contribution in [0, 0.1) is 13.8 Å². The molecular formula is C22H27N5OS. The minimum Gasteiger partial charge on any atom is -0.333 e. The second-order valence-electron chi connectivity index (χ2n) is 7.97. The van der Waals surface area contributed by atoms with Crippen molar-refractivity contribution >= 4 is 39.1 Å². The van der Waals surface area contributed by atoms with E-state index >= 15 is 0 Å². The summed E-state index contributed by atoms with van der Waals surface area (Å²) in [4.78, 5) is 27.5. The van der Waals surface area contributed by atoms with Crippen LogP contribution in [0.5, 0.6) is 0 Å². The average molecular weight is 410 g/mol. The highest BCUT2D eigenvalue weighted by Gasteiger charge is 2.32. The second-order valence-corrected chi connectivity index (χ2v) is 8.86. The molecule has 0 saturated carbocycles. The number of para-hydroxylation sites is 1. The van der Waals surface area contributed by atoms with Gasteiger partial charge in [0.15, 0.2) is 0 Å². The van der Waals surface area contributed by atoms with E-state index in [-0.39, 0.29) is 18.0 Å². The Morgan fingerprint density at radius 2 is 1.86 bits per heavy atom. The summed E-state index contributed by atoms with van der Waals surface area (Å²) in [7, 11) is 0. The Balaban J connectivity index is 1.42. The first-order valence-electron chi connectivity index (χ1n) is 9.99.